The lowest BCUT2D eigenvalue weighted by atomic mass is 9.99. The van der Waals surface area contributed by atoms with Crippen LogP contribution < -0.4 is 10.7 Å². The lowest BCUT2D eigenvalue weighted by Gasteiger charge is -2.20. The second-order valence-corrected chi connectivity index (χ2v) is 7.50. The zero-order chi connectivity index (χ0) is 23.8. The highest BCUT2D eigenvalue weighted by Crippen LogP contribution is 2.36. The summed E-state index contributed by atoms with van der Waals surface area (Å²) in [6, 6.07) is 16.8. The highest BCUT2D eigenvalue weighted by atomic mass is 19.4. The van der Waals surface area contributed by atoms with E-state index >= 15 is 0 Å². The van der Waals surface area contributed by atoms with Crippen molar-refractivity contribution in [1.29, 1.82) is 0 Å². The minimum atomic E-state index is -4.69. The first kappa shape index (κ1) is 22.1. The van der Waals surface area contributed by atoms with Gasteiger partial charge in [0.1, 0.15) is 11.3 Å². The summed E-state index contributed by atoms with van der Waals surface area (Å²) in [5.41, 5.74) is -0.738. The molecule has 8 heteroatoms. The van der Waals surface area contributed by atoms with Crippen molar-refractivity contribution in [3.63, 3.8) is 0 Å². The normalized spacial score (nSPS) is 12.5. The molecule has 4 aromatic rings. The van der Waals surface area contributed by atoms with Gasteiger partial charge in [0, 0.05) is 22.9 Å². The average molecular weight is 453 g/mol. The van der Waals surface area contributed by atoms with Gasteiger partial charge in [-0.1, -0.05) is 42.5 Å². The summed E-state index contributed by atoms with van der Waals surface area (Å²) < 4.78 is 46.7. The Kier molecular flexibility index (Phi) is 5.68. The Hall–Kier alpha value is -4.07. The van der Waals surface area contributed by atoms with Crippen LogP contribution in [0, 0.1) is 0 Å². The van der Waals surface area contributed by atoms with E-state index < -0.39 is 29.2 Å². The van der Waals surface area contributed by atoms with Gasteiger partial charge in [0.05, 0.1) is 22.6 Å². The Morgan fingerprint density at radius 2 is 1.67 bits per heavy atom. The molecule has 0 spiro atoms. The summed E-state index contributed by atoms with van der Waals surface area (Å²) in [6.45, 7) is 1.57. The van der Waals surface area contributed by atoms with Crippen LogP contribution in [0.15, 0.2) is 82.0 Å². The van der Waals surface area contributed by atoms with Gasteiger partial charge in [-0.25, -0.2) is 4.79 Å². The van der Waals surface area contributed by atoms with Gasteiger partial charge in [-0.2, -0.15) is 13.2 Å². The van der Waals surface area contributed by atoms with E-state index in [1.807, 2.05) is 0 Å². The maximum absolute atomic E-state index is 13.6. The van der Waals surface area contributed by atoms with Crippen LogP contribution in [0.4, 0.5) is 18.9 Å². The number of halogens is 3. The first-order chi connectivity index (χ1) is 15.6. The van der Waals surface area contributed by atoms with Crippen molar-refractivity contribution < 1.29 is 27.5 Å². The Labute approximate surface area is 186 Å². The summed E-state index contributed by atoms with van der Waals surface area (Å²) in [6.07, 6.45) is -4.69. The van der Waals surface area contributed by atoms with Crippen LogP contribution in [0.2, 0.25) is 0 Å². The van der Waals surface area contributed by atoms with Gasteiger partial charge in [-0.05, 0) is 31.2 Å². The third-order valence-electron chi connectivity index (χ3n) is 5.24. The van der Waals surface area contributed by atoms with Crippen LogP contribution in [0.5, 0.6) is 0 Å². The van der Waals surface area contributed by atoms with E-state index in [4.69, 9.17) is 4.42 Å². The molecule has 0 unspecified atom stereocenters. The molecule has 0 aliphatic heterocycles. The number of alkyl halides is 3. The summed E-state index contributed by atoms with van der Waals surface area (Å²) in [4.78, 5) is 24.3. The molecule has 0 bridgehead atoms. The number of hydrogen-bond acceptors (Lipinski definition) is 4. The molecule has 0 saturated heterocycles. The van der Waals surface area contributed by atoms with E-state index in [1.165, 1.54) is 18.2 Å². The smallest absolute Gasteiger partial charge is 0.416 e. The molecule has 5 nitrogen and oxygen atoms in total. The van der Waals surface area contributed by atoms with Crippen LogP contribution in [0.1, 0.15) is 34.5 Å². The van der Waals surface area contributed by atoms with Crippen molar-refractivity contribution in [2.45, 2.75) is 19.1 Å². The molecule has 1 aromatic heterocycles. The molecule has 0 aliphatic rings. The molecule has 0 aliphatic carbocycles. The third-order valence-corrected chi connectivity index (χ3v) is 5.24. The fraction of sp³-hybridized carbons (Fsp3) is 0.120. The van der Waals surface area contributed by atoms with Gasteiger partial charge in [-0.15, -0.1) is 0 Å². The van der Waals surface area contributed by atoms with Gasteiger partial charge in [0.25, 0.3) is 0 Å². The molecule has 168 valence electrons. The number of aromatic carboxylic acids is 1. The number of carboxylic acid groups (broad SMARTS) is 1. The highest BCUT2D eigenvalue weighted by molar-refractivity contribution is 5.94. The molecule has 1 atom stereocenters. The number of benzene rings is 3. The molecular weight excluding hydrogens is 435 g/mol. The number of para-hydroxylation sites is 1. The van der Waals surface area contributed by atoms with Crippen molar-refractivity contribution >= 4 is 22.6 Å². The predicted molar refractivity (Wildman–Crippen MR) is 118 cm³/mol. The number of nitrogens with one attached hydrogen (secondary N) is 1. The summed E-state index contributed by atoms with van der Waals surface area (Å²) in [7, 11) is 0. The standard InChI is InChI=1S/C25H18F3NO4/c1-14(29-20-10-6-5-9-17(20)24(31)32)18-11-16(25(26,27)28)12-19-21(30)13-22(33-23(18)19)15-7-3-2-4-8-15/h2-14,29H,1H3,(H,31,32)/t14-/m1/s1. The number of carbonyl (C=O) groups is 1. The molecular formula is C25H18F3NO4. The van der Waals surface area contributed by atoms with E-state index in [9.17, 15) is 27.9 Å². The second kappa shape index (κ2) is 8.46. The Morgan fingerprint density at radius 3 is 2.33 bits per heavy atom. The molecule has 0 amide bonds. The molecule has 1 heterocycles. The second-order valence-electron chi connectivity index (χ2n) is 7.50. The lowest BCUT2D eigenvalue weighted by Crippen LogP contribution is -2.15. The molecule has 0 saturated carbocycles. The molecule has 0 radical (unpaired) electrons. The van der Waals surface area contributed by atoms with Crippen LogP contribution in [0.3, 0.4) is 0 Å². The molecule has 4 rings (SSSR count). The van der Waals surface area contributed by atoms with Crippen LogP contribution in [-0.2, 0) is 6.18 Å². The quantitative estimate of drug-likeness (QED) is 0.368. The monoisotopic (exact) mass is 453 g/mol. The maximum atomic E-state index is 13.6. The molecule has 33 heavy (non-hydrogen) atoms. The third kappa shape index (κ3) is 4.45. The van der Waals surface area contributed by atoms with E-state index in [1.54, 1.807) is 49.4 Å². The number of rotatable bonds is 5. The number of carboxylic acids is 1. The largest absolute Gasteiger partial charge is 0.478 e. The highest BCUT2D eigenvalue weighted by Gasteiger charge is 2.33. The van der Waals surface area contributed by atoms with Crippen molar-refractivity contribution in [3.8, 4) is 11.3 Å². The first-order valence-electron chi connectivity index (χ1n) is 9.98. The summed E-state index contributed by atoms with van der Waals surface area (Å²) in [5.74, 6) is -0.968. The van der Waals surface area contributed by atoms with Crippen molar-refractivity contribution in [3.05, 3.63) is 99.7 Å². The van der Waals surface area contributed by atoms with Crippen molar-refractivity contribution in [2.75, 3.05) is 5.32 Å². The Morgan fingerprint density at radius 1 is 1.00 bits per heavy atom. The van der Waals surface area contributed by atoms with E-state index in [0.29, 0.717) is 5.56 Å². The van der Waals surface area contributed by atoms with Gasteiger partial charge >= 0.3 is 12.1 Å². The van der Waals surface area contributed by atoms with Crippen LogP contribution in [-0.4, -0.2) is 11.1 Å². The van der Waals surface area contributed by atoms with Crippen molar-refractivity contribution in [2.24, 2.45) is 0 Å². The average Bonchev–Trinajstić information content (AvgIpc) is 2.78. The van der Waals surface area contributed by atoms with E-state index in [2.05, 4.69) is 5.32 Å². The molecule has 2 N–H and O–H groups in total. The van der Waals surface area contributed by atoms with E-state index in [0.717, 1.165) is 12.1 Å². The van der Waals surface area contributed by atoms with Crippen LogP contribution in [0.25, 0.3) is 22.3 Å². The van der Waals surface area contributed by atoms with Crippen LogP contribution >= 0.6 is 0 Å². The maximum Gasteiger partial charge on any atom is 0.416 e. The van der Waals surface area contributed by atoms with E-state index in [-0.39, 0.29) is 33.5 Å². The Bertz CT molecular complexity index is 1390. The fourth-order valence-corrected chi connectivity index (χ4v) is 3.62. The van der Waals surface area contributed by atoms with Crippen molar-refractivity contribution in [1.82, 2.24) is 0 Å². The van der Waals surface area contributed by atoms with Gasteiger partial charge < -0.3 is 14.8 Å². The minimum Gasteiger partial charge on any atom is -0.478 e. The summed E-state index contributed by atoms with van der Waals surface area (Å²) >= 11 is 0. The zero-order valence-corrected chi connectivity index (χ0v) is 17.3. The minimum absolute atomic E-state index is 0.00200. The lowest BCUT2D eigenvalue weighted by molar-refractivity contribution is -0.137. The Balaban J connectivity index is 1.92. The number of fused-ring (bicyclic) bond motifs is 1. The SMILES string of the molecule is C[C@@H](Nc1ccccc1C(=O)O)c1cc(C(F)(F)F)cc2c(=O)cc(-c3ccccc3)oc12. The fourth-order valence-electron chi connectivity index (χ4n) is 3.62. The molecule has 3 aromatic carbocycles. The predicted octanol–water partition coefficient (Wildman–Crippen LogP) is 6.35. The first-order valence-corrected chi connectivity index (χ1v) is 9.98. The molecule has 0 fully saturated rings. The van der Waals surface area contributed by atoms with Gasteiger partial charge in [0.15, 0.2) is 5.43 Å². The van der Waals surface area contributed by atoms with Gasteiger partial charge in [-0.3, -0.25) is 4.79 Å². The topological polar surface area (TPSA) is 79.5 Å². The zero-order valence-electron chi connectivity index (χ0n) is 17.3. The number of anilines is 1. The number of hydrogen-bond donors (Lipinski definition) is 2. The van der Waals surface area contributed by atoms with Gasteiger partial charge in [0.2, 0.25) is 0 Å². The summed E-state index contributed by atoms with van der Waals surface area (Å²) in [5, 5.41) is 12.2.